The number of hydrogen-bond donors (Lipinski definition) is 2. The van der Waals surface area contributed by atoms with Gasteiger partial charge in [0.15, 0.2) is 5.71 Å². The van der Waals surface area contributed by atoms with Crippen LogP contribution in [0.1, 0.15) is 37.7 Å². The van der Waals surface area contributed by atoms with E-state index >= 15 is 0 Å². The predicted octanol–water partition coefficient (Wildman–Crippen LogP) is 2.49. The van der Waals surface area contributed by atoms with E-state index in [4.69, 9.17) is 21.6 Å². The van der Waals surface area contributed by atoms with Crippen molar-refractivity contribution in [1.82, 2.24) is 5.48 Å². The van der Waals surface area contributed by atoms with Gasteiger partial charge in [-0.05, 0) is 31.0 Å². The van der Waals surface area contributed by atoms with E-state index in [1.54, 1.807) is 28.6 Å². The SMILES string of the molecule is CON=C1C(=O)N(CCCCCCC(=O)NO)c2ccc(Cl)cc21. The number of carbonyl (C=O) groups is 2. The molecule has 1 aliphatic heterocycles. The molecule has 1 aliphatic rings. The largest absolute Gasteiger partial charge is 0.398 e. The van der Waals surface area contributed by atoms with Crippen molar-refractivity contribution in [3.8, 4) is 0 Å². The summed E-state index contributed by atoms with van der Waals surface area (Å²) in [4.78, 5) is 29.9. The minimum Gasteiger partial charge on any atom is -0.398 e. The molecule has 1 aromatic rings. The molecule has 1 aromatic carbocycles. The van der Waals surface area contributed by atoms with E-state index in [9.17, 15) is 9.59 Å². The lowest BCUT2D eigenvalue weighted by Crippen LogP contribution is -2.31. The van der Waals surface area contributed by atoms with Crippen molar-refractivity contribution in [2.75, 3.05) is 18.6 Å². The first-order chi connectivity index (χ1) is 11.6. The van der Waals surface area contributed by atoms with Crippen LogP contribution in [0.3, 0.4) is 0 Å². The van der Waals surface area contributed by atoms with Crippen LogP contribution in [0, 0.1) is 0 Å². The first kappa shape index (κ1) is 18.2. The normalized spacial score (nSPS) is 14.9. The van der Waals surface area contributed by atoms with Crippen LogP contribution < -0.4 is 10.4 Å². The van der Waals surface area contributed by atoms with Gasteiger partial charge in [0.1, 0.15) is 7.11 Å². The number of amides is 2. The molecule has 2 rings (SSSR count). The number of carbonyl (C=O) groups excluding carboxylic acids is 2. The number of rotatable bonds is 8. The van der Waals surface area contributed by atoms with E-state index in [-0.39, 0.29) is 17.5 Å². The zero-order valence-corrected chi connectivity index (χ0v) is 14.2. The monoisotopic (exact) mass is 353 g/mol. The van der Waals surface area contributed by atoms with Crippen molar-refractivity contribution in [2.45, 2.75) is 32.1 Å². The van der Waals surface area contributed by atoms with Crippen molar-refractivity contribution in [2.24, 2.45) is 5.16 Å². The average molecular weight is 354 g/mol. The minimum absolute atomic E-state index is 0.200. The van der Waals surface area contributed by atoms with Crippen LogP contribution >= 0.6 is 11.6 Å². The number of anilines is 1. The molecule has 0 saturated carbocycles. The van der Waals surface area contributed by atoms with Crippen molar-refractivity contribution in [3.63, 3.8) is 0 Å². The van der Waals surface area contributed by atoms with Gasteiger partial charge in [-0.1, -0.05) is 29.6 Å². The van der Waals surface area contributed by atoms with Crippen LogP contribution in [0.25, 0.3) is 0 Å². The molecular weight excluding hydrogens is 334 g/mol. The zero-order valence-electron chi connectivity index (χ0n) is 13.4. The third-order valence-corrected chi connectivity index (χ3v) is 4.03. The van der Waals surface area contributed by atoms with E-state index < -0.39 is 0 Å². The number of fused-ring (bicyclic) bond motifs is 1. The highest BCUT2D eigenvalue weighted by molar-refractivity contribution is 6.54. The Labute approximate surface area is 145 Å². The Balaban J connectivity index is 1.93. The lowest BCUT2D eigenvalue weighted by molar-refractivity contribution is -0.129. The molecule has 0 aliphatic carbocycles. The lowest BCUT2D eigenvalue weighted by Gasteiger charge is -2.16. The van der Waals surface area contributed by atoms with Crippen LogP contribution in [0.2, 0.25) is 5.02 Å². The molecule has 0 spiro atoms. The number of halogens is 1. The summed E-state index contributed by atoms with van der Waals surface area (Å²) in [5.74, 6) is -0.579. The molecule has 0 aromatic heterocycles. The maximum absolute atomic E-state index is 12.5. The first-order valence-corrected chi connectivity index (χ1v) is 8.12. The standard InChI is InChI=1S/C16H20ClN3O4/c1-24-19-15-12-10-11(17)7-8-13(12)20(16(15)22)9-5-3-2-4-6-14(21)18-23/h7-8,10,23H,2-6,9H2,1H3,(H,18,21). The highest BCUT2D eigenvalue weighted by Crippen LogP contribution is 2.32. The number of unbranched alkanes of at least 4 members (excludes halogenated alkanes) is 3. The molecule has 0 radical (unpaired) electrons. The summed E-state index contributed by atoms with van der Waals surface area (Å²) in [6, 6.07) is 5.25. The highest BCUT2D eigenvalue weighted by Gasteiger charge is 2.34. The Morgan fingerprint density at radius 3 is 2.79 bits per heavy atom. The third-order valence-electron chi connectivity index (χ3n) is 3.80. The summed E-state index contributed by atoms with van der Waals surface area (Å²) < 4.78 is 0. The second-order valence-corrected chi connectivity index (χ2v) is 5.88. The van der Waals surface area contributed by atoms with Gasteiger partial charge in [-0.2, -0.15) is 0 Å². The molecule has 0 atom stereocenters. The molecule has 0 bridgehead atoms. The van der Waals surface area contributed by atoms with Gasteiger partial charge in [-0.3, -0.25) is 14.8 Å². The Morgan fingerprint density at radius 1 is 1.33 bits per heavy atom. The second kappa shape index (κ2) is 8.65. The van der Waals surface area contributed by atoms with Gasteiger partial charge in [0.25, 0.3) is 5.91 Å². The number of hydroxylamine groups is 1. The molecular formula is C16H20ClN3O4. The van der Waals surface area contributed by atoms with E-state index in [2.05, 4.69) is 5.16 Å². The van der Waals surface area contributed by atoms with Gasteiger partial charge in [0.2, 0.25) is 5.91 Å². The fourth-order valence-corrected chi connectivity index (χ4v) is 2.82. The van der Waals surface area contributed by atoms with E-state index in [0.29, 0.717) is 30.0 Å². The van der Waals surface area contributed by atoms with E-state index in [0.717, 1.165) is 24.9 Å². The second-order valence-electron chi connectivity index (χ2n) is 5.44. The third kappa shape index (κ3) is 4.24. The van der Waals surface area contributed by atoms with Gasteiger partial charge < -0.3 is 9.74 Å². The number of oxime groups is 1. The lowest BCUT2D eigenvalue weighted by atomic mass is 10.1. The summed E-state index contributed by atoms with van der Waals surface area (Å²) in [6.45, 7) is 0.558. The molecule has 130 valence electrons. The van der Waals surface area contributed by atoms with Crippen LogP contribution in [0.15, 0.2) is 23.4 Å². The summed E-state index contributed by atoms with van der Waals surface area (Å²) in [5, 5.41) is 12.8. The predicted molar refractivity (Wildman–Crippen MR) is 90.4 cm³/mol. The van der Waals surface area contributed by atoms with Gasteiger partial charge in [-0.25, -0.2) is 5.48 Å². The van der Waals surface area contributed by atoms with Crippen LogP contribution in [-0.4, -0.2) is 36.4 Å². The number of benzene rings is 1. The topological polar surface area (TPSA) is 91.2 Å². The molecule has 0 saturated heterocycles. The number of hydrogen-bond acceptors (Lipinski definition) is 5. The maximum Gasteiger partial charge on any atom is 0.281 e. The minimum atomic E-state index is -0.379. The molecule has 7 nitrogen and oxygen atoms in total. The fraction of sp³-hybridized carbons (Fsp3) is 0.438. The van der Waals surface area contributed by atoms with Crippen molar-refractivity contribution in [1.29, 1.82) is 0 Å². The Morgan fingerprint density at radius 2 is 2.08 bits per heavy atom. The van der Waals surface area contributed by atoms with Gasteiger partial charge in [-0.15, -0.1) is 0 Å². The molecule has 2 N–H and O–H groups in total. The average Bonchev–Trinajstić information content (AvgIpc) is 2.82. The smallest absolute Gasteiger partial charge is 0.281 e. The van der Waals surface area contributed by atoms with Gasteiger partial charge in [0.05, 0.1) is 5.69 Å². The molecule has 24 heavy (non-hydrogen) atoms. The Hall–Kier alpha value is -2.12. The van der Waals surface area contributed by atoms with Gasteiger partial charge in [0, 0.05) is 23.6 Å². The van der Waals surface area contributed by atoms with Crippen molar-refractivity contribution >= 4 is 34.8 Å². The maximum atomic E-state index is 12.5. The highest BCUT2D eigenvalue weighted by atomic mass is 35.5. The van der Waals surface area contributed by atoms with Crippen LogP contribution in [0.5, 0.6) is 0 Å². The number of nitrogens with one attached hydrogen (secondary N) is 1. The zero-order chi connectivity index (χ0) is 17.5. The molecule has 2 amide bonds. The van der Waals surface area contributed by atoms with Crippen LogP contribution in [0.4, 0.5) is 5.69 Å². The first-order valence-electron chi connectivity index (χ1n) is 7.74. The summed E-state index contributed by atoms with van der Waals surface area (Å²) in [6.07, 6.45) is 3.52. The Bertz CT molecular complexity index is 648. The van der Waals surface area contributed by atoms with Crippen molar-refractivity contribution < 1.29 is 19.6 Å². The van der Waals surface area contributed by atoms with Crippen molar-refractivity contribution in [3.05, 3.63) is 28.8 Å². The molecule has 8 heteroatoms. The number of nitrogens with zero attached hydrogens (tertiary/aromatic N) is 2. The van der Waals surface area contributed by atoms with E-state index in [1.165, 1.54) is 7.11 Å². The molecule has 1 heterocycles. The molecule has 0 unspecified atom stereocenters. The molecule has 0 fully saturated rings. The quantitative estimate of drug-likeness (QED) is 0.426. The van der Waals surface area contributed by atoms with Crippen LogP contribution in [-0.2, 0) is 14.4 Å². The Kier molecular flexibility index (Phi) is 6.57. The summed E-state index contributed by atoms with van der Waals surface area (Å²) in [7, 11) is 1.40. The van der Waals surface area contributed by atoms with E-state index in [1.807, 2.05) is 0 Å². The summed E-state index contributed by atoms with van der Waals surface area (Å²) >= 11 is 6.01. The summed E-state index contributed by atoms with van der Waals surface area (Å²) in [5.41, 5.74) is 3.32. The van der Waals surface area contributed by atoms with Gasteiger partial charge >= 0.3 is 0 Å². The fourth-order valence-electron chi connectivity index (χ4n) is 2.65.